The average Bonchev–Trinajstić information content (AvgIpc) is 2.80. The Morgan fingerprint density at radius 2 is 1.53 bits per heavy atom. The van der Waals surface area contributed by atoms with Gasteiger partial charge in [0.2, 0.25) is 10.9 Å². The lowest BCUT2D eigenvalue weighted by Gasteiger charge is -2.40. The molecule has 6 nitrogen and oxygen atoms in total. The van der Waals surface area contributed by atoms with Crippen LogP contribution in [0, 0.1) is 0 Å². The van der Waals surface area contributed by atoms with Gasteiger partial charge in [-0.2, -0.15) is 26.3 Å². The second-order valence-electron chi connectivity index (χ2n) is 7.73. The fraction of sp³-hybridized carbons (Fsp3) is 0.318. The normalized spacial score (nSPS) is 19.4. The number of nitrogens with one attached hydrogen (secondary N) is 1. The van der Waals surface area contributed by atoms with Crippen molar-refractivity contribution in [1.82, 2.24) is 4.98 Å². The summed E-state index contributed by atoms with van der Waals surface area (Å²) < 4.78 is 83.0. The molecule has 180 valence electrons. The Bertz CT molecular complexity index is 1200. The fourth-order valence-corrected chi connectivity index (χ4v) is 3.69. The van der Waals surface area contributed by atoms with Gasteiger partial charge < -0.3 is 15.0 Å². The predicted molar refractivity (Wildman–Crippen MR) is 111 cm³/mol. The second kappa shape index (κ2) is 8.75. The number of halogens is 6. The maximum atomic E-state index is 13.1. The molecule has 1 N–H and O–H groups in total. The van der Waals surface area contributed by atoms with Crippen molar-refractivity contribution in [2.24, 2.45) is 0 Å². The first kappa shape index (κ1) is 23.7. The summed E-state index contributed by atoms with van der Waals surface area (Å²) in [7, 11) is 0. The largest absolute Gasteiger partial charge is 0.416 e. The van der Waals surface area contributed by atoms with Gasteiger partial charge in [0.25, 0.3) is 0 Å². The predicted octanol–water partition coefficient (Wildman–Crippen LogP) is 3.66. The average molecular weight is 485 g/mol. The van der Waals surface area contributed by atoms with Crippen molar-refractivity contribution in [3.05, 3.63) is 74.8 Å². The summed E-state index contributed by atoms with van der Waals surface area (Å²) in [4.78, 5) is 29.2. The Balaban J connectivity index is 1.55. The van der Waals surface area contributed by atoms with E-state index in [0.29, 0.717) is 11.3 Å². The fourth-order valence-electron chi connectivity index (χ4n) is 3.69. The van der Waals surface area contributed by atoms with Crippen LogP contribution in [0.5, 0.6) is 0 Å². The standard InChI is InChI=1S/C22H17F6N3O3/c23-21(24,25)15-10-31(11-16(34-15)22(26,27)28)14-6-4-12(5-7-14)17-18(20(33)19(17)32)30-9-13-3-1-2-8-29-13/h1-8,15-16,30H,9-11H2. The van der Waals surface area contributed by atoms with Gasteiger partial charge in [0.15, 0.2) is 12.2 Å². The van der Waals surface area contributed by atoms with Crippen LogP contribution < -0.4 is 21.1 Å². The van der Waals surface area contributed by atoms with Gasteiger partial charge in [0.05, 0.1) is 36.6 Å². The topological polar surface area (TPSA) is 71.5 Å². The lowest BCUT2D eigenvalue weighted by molar-refractivity contribution is -0.289. The molecule has 1 aromatic heterocycles. The van der Waals surface area contributed by atoms with Gasteiger partial charge in [-0.15, -0.1) is 0 Å². The molecule has 2 unspecified atom stereocenters. The van der Waals surface area contributed by atoms with Gasteiger partial charge in [-0.25, -0.2) is 0 Å². The molecule has 3 aromatic rings. The van der Waals surface area contributed by atoms with Crippen LogP contribution in [0.15, 0.2) is 58.3 Å². The number of nitrogens with zero attached hydrogens (tertiary/aromatic N) is 2. The number of rotatable bonds is 5. The van der Waals surface area contributed by atoms with Crippen LogP contribution in [0.3, 0.4) is 0 Å². The van der Waals surface area contributed by atoms with Crippen LogP contribution in [-0.2, 0) is 11.3 Å². The number of hydrogen-bond acceptors (Lipinski definition) is 6. The smallest absolute Gasteiger partial charge is 0.375 e. The first-order valence-corrected chi connectivity index (χ1v) is 10.1. The van der Waals surface area contributed by atoms with Gasteiger partial charge in [0, 0.05) is 11.9 Å². The van der Waals surface area contributed by atoms with Crippen LogP contribution in [0.4, 0.5) is 37.7 Å². The van der Waals surface area contributed by atoms with Crippen molar-refractivity contribution in [2.75, 3.05) is 23.3 Å². The summed E-state index contributed by atoms with van der Waals surface area (Å²) in [5.74, 6) is 0. The van der Waals surface area contributed by atoms with Gasteiger partial charge in [-0.1, -0.05) is 18.2 Å². The molecule has 1 aliphatic heterocycles. The highest BCUT2D eigenvalue weighted by molar-refractivity contribution is 5.82. The molecule has 1 saturated heterocycles. The van der Waals surface area contributed by atoms with Crippen molar-refractivity contribution in [3.8, 4) is 11.1 Å². The summed E-state index contributed by atoms with van der Waals surface area (Å²) >= 11 is 0. The Labute approximate surface area is 188 Å². The van der Waals surface area contributed by atoms with Gasteiger partial charge in [-0.3, -0.25) is 14.6 Å². The monoisotopic (exact) mass is 485 g/mol. The van der Waals surface area contributed by atoms with E-state index >= 15 is 0 Å². The second-order valence-corrected chi connectivity index (χ2v) is 7.73. The van der Waals surface area contributed by atoms with Crippen molar-refractivity contribution >= 4 is 11.4 Å². The molecule has 4 rings (SSSR count). The number of benzene rings is 1. The Morgan fingerprint density at radius 3 is 2.06 bits per heavy atom. The number of alkyl halides is 6. The van der Waals surface area contributed by atoms with E-state index in [2.05, 4.69) is 15.0 Å². The van der Waals surface area contributed by atoms with Gasteiger partial charge in [-0.05, 0) is 29.8 Å². The SMILES string of the molecule is O=c1c(NCc2ccccn2)c(-c2ccc(N3CC(C(F)(F)F)OC(C(F)(F)F)C3)cc2)c1=O. The molecular formula is C22H17F6N3O3. The number of pyridine rings is 1. The molecule has 0 amide bonds. The molecule has 1 aliphatic rings. The summed E-state index contributed by atoms with van der Waals surface area (Å²) in [6.45, 7) is -1.44. The van der Waals surface area contributed by atoms with Crippen molar-refractivity contribution < 1.29 is 31.1 Å². The van der Waals surface area contributed by atoms with E-state index in [4.69, 9.17) is 0 Å². The zero-order chi connectivity index (χ0) is 24.7. The van der Waals surface area contributed by atoms with E-state index in [-0.39, 0.29) is 23.5 Å². The minimum atomic E-state index is -4.97. The molecule has 0 aliphatic carbocycles. The third kappa shape index (κ3) is 4.76. The highest BCUT2D eigenvalue weighted by Crippen LogP contribution is 2.36. The zero-order valence-electron chi connectivity index (χ0n) is 17.3. The van der Waals surface area contributed by atoms with E-state index in [0.717, 1.165) is 4.90 Å². The van der Waals surface area contributed by atoms with E-state index in [1.54, 1.807) is 24.4 Å². The highest BCUT2D eigenvalue weighted by atomic mass is 19.4. The maximum Gasteiger partial charge on any atom is 0.416 e. The third-order valence-corrected chi connectivity index (χ3v) is 5.44. The molecular weight excluding hydrogens is 468 g/mol. The van der Waals surface area contributed by atoms with Crippen LogP contribution >= 0.6 is 0 Å². The molecule has 0 spiro atoms. The van der Waals surface area contributed by atoms with E-state index < -0.39 is 48.5 Å². The molecule has 34 heavy (non-hydrogen) atoms. The number of morpholine rings is 1. The summed E-state index contributed by atoms with van der Waals surface area (Å²) in [5, 5.41) is 2.86. The van der Waals surface area contributed by atoms with Crippen molar-refractivity contribution in [1.29, 1.82) is 0 Å². The number of aromatic nitrogens is 1. The molecule has 0 saturated carbocycles. The van der Waals surface area contributed by atoms with E-state index in [1.165, 1.54) is 24.3 Å². The molecule has 0 bridgehead atoms. The minimum absolute atomic E-state index is 0.0732. The van der Waals surface area contributed by atoms with Gasteiger partial charge in [0.1, 0.15) is 0 Å². The summed E-state index contributed by atoms with van der Waals surface area (Å²) in [6, 6.07) is 10.6. The molecule has 12 heteroatoms. The van der Waals surface area contributed by atoms with E-state index in [1.807, 2.05) is 0 Å². The zero-order valence-corrected chi connectivity index (χ0v) is 17.3. The number of ether oxygens (including phenoxy) is 1. The number of anilines is 2. The molecule has 2 heterocycles. The Hall–Kier alpha value is -3.41. The van der Waals surface area contributed by atoms with Crippen LogP contribution in [0.25, 0.3) is 11.1 Å². The van der Waals surface area contributed by atoms with Crippen molar-refractivity contribution in [3.63, 3.8) is 0 Å². The van der Waals surface area contributed by atoms with Crippen LogP contribution in [-0.4, -0.2) is 42.6 Å². The molecule has 1 fully saturated rings. The molecule has 0 radical (unpaired) electrons. The minimum Gasteiger partial charge on any atom is -0.375 e. The first-order valence-electron chi connectivity index (χ1n) is 10.1. The third-order valence-electron chi connectivity index (χ3n) is 5.44. The van der Waals surface area contributed by atoms with Crippen molar-refractivity contribution in [2.45, 2.75) is 31.1 Å². The Morgan fingerprint density at radius 1 is 0.912 bits per heavy atom. The lowest BCUT2D eigenvalue weighted by Crippen LogP contribution is -2.57. The molecule has 2 aromatic carbocycles. The van der Waals surface area contributed by atoms with Crippen LogP contribution in [0.2, 0.25) is 0 Å². The first-order chi connectivity index (χ1) is 15.9. The van der Waals surface area contributed by atoms with Crippen LogP contribution in [0.1, 0.15) is 5.69 Å². The summed E-state index contributed by atoms with van der Waals surface area (Å²) in [6.07, 6.45) is -13.6. The van der Waals surface area contributed by atoms with Gasteiger partial charge >= 0.3 is 12.4 Å². The van der Waals surface area contributed by atoms with E-state index in [9.17, 15) is 35.9 Å². The summed E-state index contributed by atoms with van der Waals surface area (Å²) in [5.41, 5.74) is -0.259. The lowest BCUT2D eigenvalue weighted by atomic mass is 9.98. The highest BCUT2D eigenvalue weighted by Gasteiger charge is 2.52. The Kier molecular flexibility index (Phi) is 6.11. The maximum absolute atomic E-state index is 13.1. The quantitative estimate of drug-likeness (QED) is 0.440. The number of hydrogen-bond donors (Lipinski definition) is 1. The molecule has 2 atom stereocenters.